The zero-order chi connectivity index (χ0) is 17.0. The Morgan fingerprint density at radius 3 is 2.57 bits per heavy atom. The molecule has 2 aromatic rings. The average Bonchev–Trinajstić information content (AvgIpc) is 2.54. The number of phenols is 1. The summed E-state index contributed by atoms with van der Waals surface area (Å²) in [6, 6.07) is 10.3. The molecule has 0 fully saturated rings. The number of nitro benzene ring substituents is 1. The van der Waals surface area contributed by atoms with Gasteiger partial charge < -0.3 is 5.11 Å². The largest absolute Gasteiger partial charge is 0.502 e. The van der Waals surface area contributed by atoms with Crippen molar-refractivity contribution in [3.8, 4) is 5.75 Å². The Kier molecular flexibility index (Phi) is 5.34. The summed E-state index contributed by atoms with van der Waals surface area (Å²) in [4.78, 5) is 14.4. The van der Waals surface area contributed by atoms with Crippen LogP contribution in [0.5, 0.6) is 5.75 Å². The highest BCUT2D eigenvalue weighted by atomic mass is 35.5. The third-order valence-corrected chi connectivity index (χ3v) is 3.93. The number of nitro groups is 1. The van der Waals surface area contributed by atoms with Crippen LogP contribution in [0.3, 0.4) is 0 Å². The maximum Gasteiger partial charge on any atom is 0.312 e. The van der Waals surface area contributed by atoms with Crippen LogP contribution in [0.4, 0.5) is 11.4 Å². The van der Waals surface area contributed by atoms with Crippen molar-refractivity contribution >= 4 is 29.2 Å². The van der Waals surface area contributed by atoms with E-state index in [9.17, 15) is 15.2 Å². The van der Waals surface area contributed by atoms with Crippen molar-refractivity contribution in [1.82, 2.24) is 0 Å². The lowest BCUT2D eigenvalue weighted by atomic mass is 9.99. The molecular weight excluding hydrogens is 316 g/mol. The van der Waals surface area contributed by atoms with E-state index in [1.807, 2.05) is 24.3 Å². The Morgan fingerprint density at radius 1 is 1.35 bits per heavy atom. The third kappa shape index (κ3) is 4.07. The van der Waals surface area contributed by atoms with Crippen molar-refractivity contribution in [3.63, 3.8) is 0 Å². The Morgan fingerprint density at radius 2 is 2.00 bits per heavy atom. The molecule has 1 atom stereocenters. The standard InChI is InChI=1S/C17H17ClN2O3/c1-3-11(2)12-4-6-15(7-5-12)19-10-13-8-14(18)9-16(17(13)21)20(22)23/h4-11,21H,3H2,1-2H3. The Labute approximate surface area is 139 Å². The fraction of sp³-hybridized carbons (Fsp3) is 0.235. The molecule has 2 rings (SSSR count). The number of nitrogens with zero attached hydrogens (tertiary/aromatic N) is 2. The van der Waals surface area contributed by atoms with Gasteiger partial charge in [-0.25, -0.2) is 0 Å². The second-order valence-electron chi connectivity index (χ2n) is 5.28. The highest BCUT2D eigenvalue weighted by molar-refractivity contribution is 6.31. The number of halogens is 1. The number of benzene rings is 2. The van der Waals surface area contributed by atoms with Gasteiger partial charge in [-0.3, -0.25) is 15.1 Å². The summed E-state index contributed by atoms with van der Waals surface area (Å²) in [5.41, 5.74) is 1.69. The molecule has 23 heavy (non-hydrogen) atoms. The van der Waals surface area contributed by atoms with Crippen LogP contribution >= 0.6 is 11.6 Å². The summed E-state index contributed by atoms with van der Waals surface area (Å²) in [5.74, 6) is 0.0343. The normalized spacial score (nSPS) is 12.5. The molecule has 0 saturated heterocycles. The van der Waals surface area contributed by atoms with Crippen LogP contribution in [0, 0.1) is 10.1 Å². The second kappa shape index (κ2) is 7.24. The van der Waals surface area contributed by atoms with Crippen LogP contribution in [-0.4, -0.2) is 16.2 Å². The van der Waals surface area contributed by atoms with Gasteiger partial charge in [0.25, 0.3) is 0 Å². The van der Waals surface area contributed by atoms with Gasteiger partial charge in [-0.2, -0.15) is 0 Å². The first-order valence-electron chi connectivity index (χ1n) is 7.23. The molecule has 0 saturated carbocycles. The van der Waals surface area contributed by atoms with Gasteiger partial charge in [0.1, 0.15) is 0 Å². The summed E-state index contributed by atoms with van der Waals surface area (Å²) < 4.78 is 0. The SMILES string of the molecule is CCC(C)c1ccc(N=Cc2cc(Cl)cc([N+](=O)[O-])c2O)cc1. The van der Waals surface area contributed by atoms with Gasteiger partial charge in [-0.1, -0.05) is 37.6 Å². The van der Waals surface area contributed by atoms with Crippen LogP contribution in [0.2, 0.25) is 5.02 Å². The van der Waals surface area contributed by atoms with E-state index in [0.29, 0.717) is 11.6 Å². The van der Waals surface area contributed by atoms with Gasteiger partial charge in [-0.05, 0) is 36.1 Å². The van der Waals surface area contributed by atoms with Crippen LogP contribution in [0.15, 0.2) is 41.4 Å². The molecule has 0 aromatic heterocycles. The molecule has 0 bridgehead atoms. The Bertz CT molecular complexity index is 742. The van der Waals surface area contributed by atoms with Gasteiger partial charge in [0, 0.05) is 22.9 Å². The van der Waals surface area contributed by atoms with E-state index in [-0.39, 0.29) is 10.6 Å². The van der Waals surface area contributed by atoms with Crippen molar-refractivity contribution in [2.75, 3.05) is 0 Å². The van der Waals surface area contributed by atoms with E-state index in [1.54, 1.807) is 0 Å². The molecule has 0 spiro atoms. The van der Waals surface area contributed by atoms with Crippen molar-refractivity contribution in [2.24, 2.45) is 4.99 Å². The molecule has 5 nitrogen and oxygen atoms in total. The molecule has 0 aliphatic carbocycles. The lowest BCUT2D eigenvalue weighted by molar-refractivity contribution is -0.385. The van der Waals surface area contributed by atoms with E-state index in [4.69, 9.17) is 11.6 Å². The average molecular weight is 333 g/mol. The van der Waals surface area contributed by atoms with E-state index >= 15 is 0 Å². The first-order valence-corrected chi connectivity index (χ1v) is 7.61. The summed E-state index contributed by atoms with van der Waals surface area (Å²) in [6.07, 6.45) is 2.43. The van der Waals surface area contributed by atoms with Crippen LogP contribution < -0.4 is 0 Å². The van der Waals surface area contributed by atoms with E-state index in [2.05, 4.69) is 18.8 Å². The fourth-order valence-corrected chi connectivity index (χ4v) is 2.33. The monoisotopic (exact) mass is 332 g/mol. The van der Waals surface area contributed by atoms with E-state index < -0.39 is 16.4 Å². The molecule has 2 aromatic carbocycles. The number of aromatic hydroxyl groups is 1. The first-order chi connectivity index (χ1) is 10.9. The minimum atomic E-state index is -0.681. The van der Waals surface area contributed by atoms with E-state index in [0.717, 1.165) is 12.5 Å². The summed E-state index contributed by atoms with van der Waals surface area (Å²) in [5, 5.41) is 21.0. The molecule has 0 radical (unpaired) electrons. The first kappa shape index (κ1) is 17.0. The molecule has 0 heterocycles. The quantitative estimate of drug-likeness (QED) is 0.463. The Balaban J connectivity index is 2.28. The molecule has 0 aliphatic rings. The van der Waals surface area contributed by atoms with Crippen LogP contribution in [0.1, 0.15) is 37.3 Å². The molecule has 120 valence electrons. The smallest absolute Gasteiger partial charge is 0.312 e. The number of hydrogen-bond donors (Lipinski definition) is 1. The molecule has 0 amide bonds. The van der Waals surface area contributed by atoms with Crippen molar-refractivity contribution < 1.29 is 10.0 Å². The summed E-state index contributed by atoms with van der Waals surface area (Å²) >= 11 is 5.84. The zero-order valence-electron chi connectivity index (χ0n) is 12.9. The second-order valence-corrected chi connectivity index (χ2v) is 5.72. The van der Waals surface area contributed by atoms with Gasteiger partial charge in [0.05, 0.1) is 10.6 Å². The highest BCUT2D eigenvalue weighted by Gasteiger charge is 2.17. The lowest BCUT2D eigenvalue weighted by Crippen LogP contribution is -1.92. The number of hydrogen-bond acceptors (Lipinski definition) is 4. The zero-order valence-corrected chi connectivity index (χ0v) is 13.6. The highest BCUT2D eigenvalue weighted by Crippen LogP contribution is 2.32. The third-order valence-electron chi connectivity index (χ3n) is 3.71. The number of phenolic OH excluding ortho intramolecular Hbond substituents is 1. The maximum atomic E-state index is 10.9. The minimum Gasteiger partial charge on any atom is -0.502 e. The molecular formula is C17H17ClN2O3. The van der Waals surface area contributed by atoms with Crippen LogP contribution in [-0.2, 0) is 0 Å². The number of rotatable bonds is 5. The predicted molar refractivity (Wildman–Crippen MR) is 92.2 cm³/mol. The number of aliphatic imine (C=N–C) groups is 1. The molecule has 0 aliphatic heterocycles. The topological polar surface area (TPSA) is 75.7 Å². The maximum absolute atomic E-state index is 10.9. The van der Waals surface area contributed by atoms with Crippen molar-refractivity contribution in [2.45, 2.75) is 26.2 Å². The van der Waals surface area contributed by atoms with Gasteiger partial charge in [0.2, 0.25) is 5.75 Å². The van der Waals surface area contributed by atoms with Gasteiger partial charge in [-0.15, -0.1) is 0 Å². The predicted octanol–water partition coefficient (Wildman–Crippen LogP) is 5.22. The molecule has 1 unspecified atom stereocenters. The van der Waals surface area contributed by atoms with Crippen molar-refractivity contribution in [3.05, 3.63) is 62.7 Å². The molecule has 1 N–H and O–H groups in total. The molecule has 6 heteroatoms. The Hall–Kier alpha value is -2.40. The van der Waals surface area contributed by atoms with Gasteiger partial charge >= 0.3 is 5.69 Å². The van der Waals surface area contributed by atoms with Crippen LogP contribution in [0.25, 0.3) is 0 Å². The summed E-state index contributed by atoms with van der Waals surface area (Å²) in [7, 11) is 0. The lowest BCUT2D eigenvalue weighted by Gasteiger charge is -2.08. The van der Waals surface area contributed by atoms with E-state index in [1.165, 1.54) is 17.8 Å². The fourth-order valence-electron chi connectivity index (χ4n) is 2.11. The summed E-state index contributed by atoms with van der Waals surface area (Å²) in [6.45, 7) is 4.28. The minimum absolute atomic E-state index is 0.170. The van der Waals surface area contributed by atoms with Crippen molar-refractivity contribution in [1.29, 1.82) is 0 Å². The van der Waals surface area contributed by atoms with Gasteiger partial charge in [0.15, 0.2) is 0 Å².